The van der Waals surface area contributed by atoms with E-state index in [-0.39, 0.29) is 17.0 Å². The zero-order chi connectivity index (χ0) is 12.5. The van der Waals surface area contributed by atoms with Crippen molar-refractivity contribution in [2.45, 2.75) is 17.7 Å². The molecule has 0 radical (unpaired) electrons. The SMILES string of the molecule is CS(=O)(=O)c1ccc(OCC2(CF)CC2)cc1. The van der Waals surface area contributed by atoms with Crippen LogP contribution < -0.4 is 4.74 Å². The molecule has 3 nitrogen and oxygen atoms in total. The van der Waals surface area contributed by atoms with E-state index in [0.717, 1.165) is 19.1 Å². The van der Waals surface area contributed by atoms with Crippen LogP contribution in [-0.4, -0.2) is 28.0 Å². The fraction of sp³-hybridized carbons (Fsp3) is 0.500. The van der Waals surface area contributed by atoms with E-state index < -0.39 is 9.84 Å². The zero-order valence-electron chi connectivity index (χ0n) is 9.65. The summed E-state index contributed by atoms with van der Waals surface area (Å²) in [6.07, 6.45) is 2.89. The quantitative estimate of drug-likeness (QED) is 0.813. The van der Waals surface area contributed by atoms with Crippen LogP contribution in [0.5, 0.6) is 5.75 Å². The van der Waals surface area contributed by atoms with E-state index in [0.29, 0.717) is 12.4 Å². The van der Waals surface area contributed by atoms with Gasteiger partial charge < -0.3 is 4.74 Å². The monoisotopic (exact) mass is 258 g/mol. The van der Waals surface area contributed by atoms with Crippen molar-refractivity contribution in [1.82, 2.24) is 0 Å². The minimum absolute atomic E-state index is 0.261. The van der Waals surface area contributed by atoms with Gasteiger partial charge >= 0.3 is 0 Å². The molecule has 0 aliphatic heterocycles. The van der Waals surface area contributed by atoms with E-state index >= 15 is 0 Å². The van der Waals surface area contributed by atoms with Crippen LogP contribution in [0, 0.1) is 5.41 Å². The summed E-state index contributed by atoms with van der Waals surface area (Å²) in [6.45, 7) is 0.0101. The van der Waals surface area contributed by atoms with Crippen molar-refractivity contribution in [2.24, 2.45) is 5.41 Å². The Kier molecular flexibility index (Phi) is 3.12. The van der Waals surface area contributed by atoms with Gasteiger partial charge in [0.05, 0.1) is 18.2 Å². The highest BCUT2D eigenvalue weighted by Gasteiger charge is 2.43. The van der Waals surface area contributed by atoms with Crippen molar-refractivity contribution in [3.8, 4) is 5.75 Å². The molecular weight excluding hydrogens is 243 g/mol. The van der Waals surface area contributed by atoms with Gasteiger partial charge in [0.2, 0.25) is 0 Å². The molecular formula is C12H15FO3S. The Balaban J connectivity index is 1.99. The first-order valence-electron chi connectivity index (χ1n) is 5.44. The van der Waals surface area contributed by atoms with Gasteiger partial charge in [-0.3, -0.25) is 4.39 Å². The first-order chi connectivity index (χ1) is 7.95. The van der Waals surface area contributed by atoms with Crippen LogP contribution in [0.15, 0.2) is 29.2 Å². The summed E-state index contributed by atoms with van der Waals surface area (Å²) in [5, 5.41) is 0. The summed E-state index contributed by atoms with van der Waals surface area (Å²) in [5.41, 5.74) is -0.282. The van der Waals surface area contributed by atoms with Crippen LogP contribution in [-0.2, 0) is 9.84 Å². The van der Waals surface area contributed by atoms with E-state index in [9.17, 15) is 12.8 Å². The fourth-order valence-corrected chi connectivity index (χ4v) is 2.14. The molecule has 2 rings (SSSR count). The molecule has 0 heterocycles. The van der Waals surface area contributed by atoms with Crippen molar-refractivity contribution in [1.29, 1.82) is 0 Å². The third kappa shape index (κ3) is 2.97. The molecule has 0 bridgehead atoms. The highest BCUT2D eigenvalue weighted by Crippen LogP contribution is 2.46. The average Bonchev–Trinajstić information content (AvgIpc) is 3.06. The van der Waals surface area contributed by atoms with Gasteiger partial charge in [0.25, 0.3) is 0 Å². The molecule has 0 N–H and O–H groups in total. The topological polar surface area (TPSA) is 43.4 Å². The minimum atomic E-state index is -3.17. The standard InChI is InChI=1S/C12H15FO3S/c1-17(14,15)11-4-2-10(3-5-11)16-9-12(8-13)6-7-12/h2-5H,6-9H2,1H3. The summed E-state index contributed by atoms with van der Waals surface area (Å²) < 4.78 is 40.5. The summed E-state index contributed by atoms with van der Waals surface area (Å²) in [7, 11) is -3.17. The highest BCUT2D eigenvalue weighted by atomic mass is 32.2. The van der Waals surface area contributed by atoms with Gasteiger partial charge in [-0.25, -0.2) is 8.42 Å². The number of rotatable bonds is 5. The largest absolute Gasteiger partial charge is 0.493 e. The lowest BCUT2D eigenvalue weighted by molar-refractivity contribution is 0.200. The van der Waals surface area contributed by atoms with Crippen molar-refractivity contribution in [3.05, 3.63) is 24.3 Å². The van der Waals surface area contributed by atoms with E-state index in [1.165, 1.54) is 12.1 Å². The second-order valence-corrected chi connectivity index (χ2v) is 6.68. The van der Waals surface area contributed by atoms with E-state index in [4.69, 9.17) is 4.74 Å². The molecule has 1 aromatic rings. The number of ether oxygens (including phenoxy) is 1. The second-order valence-electron chi connectivity index (χ2n) is 4.67. The van der Waals surface area contributed by atoms with Gasteiger partial charge in [0.1, 0.15) is 5.75 Å². The first kappa shape index (κ1) is 12.4. The lowest BCUT2D eigenvalue weighted by atomic mass is 10.1. The number of sulfone groups is 1. The van der Waals surface area contributed by atoms with Crippen molar-refractivity contribution in [2.75, 3.05) is 19.5 Å². The van der Waals surface area contributed by atoms with Crippen LogP contribution in [0.2, 0.25) is 0 Å². The maximum absolute atomic E-state index is 12.6. The Bertz CT molecular complexity index is 489. The van der Waals surface area contributed by atoms with Crippen molar-refractivity contribution in [3.63, 3.8) is 0 Å². The molecule has 0 aromatic heterocycles. The minimum Gasteiger partial charge on any atom is -0.493 e. The van der Waals surface area contributed by atoms with Gasteiger partial charge in [0, 0.05) is 11.7 Å². The van der Waals surface area contributed by atoms with Crippen LogP contribution in [0.1, 0.15) is 12.8 Å². The van der Waals surface area contributed by atoms with E-state index in [1.807, 2.05) is 0 Å². The molecule has 0 saturated heterocycles. The molecule has 1 aliphatic rings. The van der Waals surface area contributed by atoms with E-state index in [1.54, 1.807) is 12.1 Å². The van der Waals surface area contributed by atoms with Crippen molar-refractivity contribution < 1.29 is 17.5 Å². The molecule has 1 fully saturated rings. The number of alkyl halides is 1. The molecule has 1 saturated carbocycles. The first-order valence-corrected chi connectivity index (χ1v) is 7.33. The molecule has 0 atom stereocenters. The fourth-order valence-electron chi connectivity index (χ4n) is 1.51. The van der Waals surface area contributed by atoms with Gasteiger partial charge in [-0.2, -0.15) is 0 Å². The molecule has 17 heavy (non-hydrogen) atoms. The summed E-state index contributed by atoms with van der Waals surface area (Å²) >= 11 is 0. The number of hydrogen-bond acceptors (Lipinski definition) is 3. The highest BCUT2D eigenvalue weighted by molar-refractivity contribution is 7.90. The lowest BCUT2D eigenvalue weighted by Gasteiger charge is -2.12. The van der Waals surface area contributed by atoms with Gasteiger partial charge in [-0.1, -0.05) is 0 Å². The Morgan fingerprint density at radius 2 is 1.88 bits per heavy atom. The summed E-state index contributed by atoms with van der Waals surface area (Å²) in [5.74, 6) is 0.581. The van der Waals surface area contributed by atoms with Crippen LogP contribution in [0.3, 0.4) is 0 Å². The maximum Gasteiger partial charge on any atom is 0.175 e. The molecule has 1 aromatic carbocycles. The predicted molar refractivity (Wildman–Crippen MR) is 62.7 cm³/mol. The third-order valence-electron chi connectivity index (χ3n) is 3.04. The Labute approximate surface area is 101 Å². The Morgan fingerprint density at radius 1 is 1.29 bits per heavy atom. The molecule has 94 valence electrons. The molecule has 0 spiro atoms. The van der Waals surface area contributed by atoms with Crippen LogP contribution in [0.4, 0.5) is 4.39 Å². The second kappa shape index (κ2) is 4.29. The van der Waals surface area contributed by atoms with Crippen LogP contribution in [0.25, 0.3) is 0 Å². The number of benzene rings is 1. The average molecular weight is 258 g/mol. The Hall–Kier alpha value is -1.10. The normalized spacial score (nSPS) is 17.8. The molecule has 0 amide bonds. The molecule has 0 unspecified atom stereocenters. The van der Waals surface area contributed by atoms with Crippen LogP contribution >= 0.6 is 0 Å². The summed E-state index contributed by atoms with van der Waals surface area (Å²) in [6, 6.07) is 6.20. The molecule has 1 aliphatic carbocycles. The van der Waals surface area contributed by atoms with Gasteiger partial charge in [-0.05, 0) is 37.1 Å². The van der Waals surface area contributed by atoms with Gasteiger partial charge in [0.15, 0.2) is 9.84 Å². The summed E-state index contributed by atoms with van der Waals surface area (Å²) in [4.78, 5) is 0.261. The molecule has 5 heteroatoms. The van der Waals surface area contributed by atoms with Gasteiger partial charge in [-0.15, -0.1) is 0 Å². The Morgan fingerprint density at radius 3 is 2.29 bits per heavy atom. The number of halogens is 1. The van der Waals surface area contributed by atoms with E-state index in [2.05, 4.69) is 0 Å². The maximum atomic E-state index is 12.6. The third-order valence-corrected chi connectivity index (χ3v) is 4.17. The zero-order valence-corrected chi connectivity index (χ0v) is 10.5. The van der Waals surface area contributed by atoms with Crippen molar-refractivity contribution >= 4 is 9.84 Å². The predicted octanol–water partition coefficient (Wildman–Crippen LogP) is 2.22. The lowest BCUT2D eigenvalue weighted by Crippen LogP contribution is -2.14. The number of hydrogen-bond donors (Lipinski definition) is 0. The smallest absolute Gasteiger partial charge is 0.175 e.